The van der Waals surface area contributed by atoms with Crippen LogP contribution < -0.4 is 4.74 Å². The minimum Gasteiger partial charge on any atom is -0.507 e. The standard InChI is InChI=1S/C27H33N3O7/c1-16-20(17(2)28-22(16)27(34)36-4)24(31)21-23(18-8-5-6-9-19(18)35-3)30(26(33)25(21)32)11-7-10-29-12-14-37-15-13-29/h5-6,8-9,23,28,31H,7,10-15H2,1-4H3/t23-/m0/s1. The van der Waals surface area contributed by atoms with Crippen LogP contribution in [0.5, 0.6) is 5.75 Å². The van der Waals surface area contributed by atoms with Crippen molar-refractivity contribution < 1.29 is 33.7 Å². The van der Waals surface area contributed by atoms with E-state index in [1.54, 1.807) is 38.1 Å². The summed E-state index contributed by atoms with van der Waals surface area (Å²) >= 11 is 0. The maximum Gasteiger partial charge on any atom is 0.354 e. The van der Waals surface area contributed by atoms with E-state index in [1.165, 1.54) is 19.1 Å². The van der Waals surface area contributed by atoms with Crippen LogP contribution in [0.25, 0.3) is 5.76 Å². The van der Waals surface area contributed by atoms with Crippen LogP contribution in [0.4, 0.5) is 0 Å². The molecule has 0 bridgehead atoms. The lowest BCUT2D eigenvalue weighted by Crippen LogP contribution is -2.39. The van der Waals surface area contributed by atoms with Crippen LogP contribution in [-0.4, -0.2) is 91.2 Å². The van der Waals surface area contributed by atoms with Gasteiger partial charge in [-0.15, -0.1) is 0 Å². The number of H-pyrrole nitrogens is 1. The molecule has 2 saturated heterocycles. The molecule has 10 heteroatoms. The Bertz CT molecular complexity index is 1230. The van der Waals surface area contributed by atoms with Crippen LogP contribution in [0.1, 0.15) is 45.3 Å². The monoisotopic (exact) mass is 511 g/mol. The maximum atomic E-state index is 13.4. The summed E-state index contributed by atoms with van der Waals surface area (Å²) in [5, 5.41) is 11.5. The number of aliphatic hydroxyl groups is 1. The van der Waals surface area contributed by atoms with Crippen molar-refractivity contribution in [3.05, 3.63) is 57.9 Å². The Hall–Kier alpha value is -3.63. The van der Waals surface area contributed by atoms with Crippen LogP contribution in [-0.2, 0) is 19.1 Å². The Labute approximate surface area is 215 Å². The molecule has 0 spiro atoms. The highest BCUT2D eigenvalue weighted by Gasteiger charge is 2.47. The molecule has 1 aromatic heterocycles. The predicted octanol–water partition coefficient (Wildman–Crippen LogP) is 2.57. The number of ketones is 1. The Balaban J connectivity index is 1.78. The molecule has 2 aromatic rings. The topological polar surface area (TPSA) is 121 Å². The minimum absolute atomic E-state index is 0.0394. The van der Waals surface area contributed by atoms with Gasteiger partial charge in [-0.2, -0.15) is 0 Å². The number of nitrogens with zero attached hydrogens (tertiary/aromatic N) is 2. The van der Waals surface area contributed by atoms with Crippen LogP contribution in [0.15, 0.2) is 29.8 Å². The average Bonchev–Trinajstić information content (AvgIpc) is 3.35. The van der Waals surface area contributed by atoms with E-state index in [2.05, 4.69) is 9.88 Å². The number of carbonyl (C=O) groups is 3. The number of para-hydroxylation sites is 1. The van der Waals surface area contributed by atoms with Gasteiger partial charge in [0.2, 0.25) is 0 Å². The molecule has 2 fully saturated rings. The van der Waals surface area contributed by atoms with Crippen LogP contribution in [0, 0.1) is 13.8 Å². The number of methoxy groups -OCH3 is 2. The number of ether oxygens (including phenoxy) is 3. The average molecular weight is 512 g/mol. The van der Waals surface area contributed by atoms with Gasteiger partial charge in [0.25, 0.3) is 11.7 Å². The Morgan fingerprint density at radius 3 is 2.51 bits per heavy atom. The summed E-state index contributed by atoms with van der Waals surface area (Å²) in [7, 11) is 2.79. The number of hydrogen-bond acceptors (Lipinski definition) is 8. The molecule has 10 nitrogen and oxygen atoms in total. The number of aromatic nitrogens is 1. The van der Waals surface area contributed by atoms with E-state index in [0.29, 0.717) is 54.3 Å². The Kier molecular flexibility index (Phi) is 7.99. The zero-order valence-corrected chi connectivity index (χ0v) is 21.6. The normalized spacial score (nSPS) is 19.9. The van der Waals surface area contributed by atoms with Crippen molar-refractivity contribution in [1.82, 2.24) is 14.8 Å². The van der Waals surface area contributed by atoms with Crippen molar-refractivity contribution in [3.63, 3.8) is 0 Å². The van der Waals surface area contributed by atoms with Crippen molar-refractivity contribution in [1.29, 1.82) is 0 Å². The molecule has 1 amide bonds. The summed E-state index contributed by atoms with van der Waals surface area (Å²) in [5.74, 6) is -1.90. The van der Waals surface area contributed by atoms with Crippen LogP contribution >= 0.6 is 0 Å². The van der Waals surface area contributed by atoms with Crippen molar-refractivity contribution in [2.45, 2.75) is 26.3 Å². The van der Waals surface area contributed by atoms with Crippen molar-refractivity contribution in [2.75, 3.05) is 53.6 Å². The number of esters is 1. The number of carbonyl (C=O) groups excluding carboxylic acids is 3. The number of aromatic amines is 1. The highest BCUT2D eigenvalue weighted by atomic mass is 16.5. The highest BCUT2D eigenvalue weighted by Crippen LogP contribution is 2.43. The lowest BCUT2D eigenvalue weighted by atomic mass is 9.93. The first-order valence-electron chi connectivity index (χ1n) is 12.3. The van der Waals surface area contributed by atoms with Gasteiger partial charge in [0.1, 0.15) is 17.2 Å². The number of morpholine rings is 1. The molecule has 1 atom stereocenters. The number of hydrogen-bond donors (Lipinski definition) is 2. The molecule has 4 rings (SSSR count). The third-order valence-corrected chi connectivity index (χ3v) is 7.01. The van der Waals surface area contributed by atoms with Gasteiger partial charge in [0.15, 0.2) is 0 Å². The SMILES string of the molecule is COC(=O)c1[nH]c(C)c(C(O)=C2C(=O)C(=O)N(CCCN3CCOCC3)[C@H]2c2ccccc2OC)c1C. The zero-order valence-electron chi connectivity index (χ0n) is 21.6. The zero-order chi connectivity index (χ0) is 26.7. The molecule has 0 saturated carbocycles. The summed E-state index contributed by atoms with van der Waals surface area (Å²) in [6.45, 7) is 7.41. The fourth-order valence-corrected chi connectivity index (χ4v) is 5.16. The Morgan fingerprint density at radius 1 is 1.14 bits per heavy atom. The number of rotatable bonds is 8. The molecule has 0 unspecified atom stereocenters. The molecule has 2 aliphatic heterocycles. The summed E-state index contributed by atoms with van der Waals surface area (Å²) in [6.07, 6.45) is 0.646. The first-order chi connectivity index (χ1) is 17.8. The van der Waals surface area contributed by atoms with Gasteiger partial charge in [-0.1, -0.05) is 18.2 Å². The summed E-state index contributed by atoms with van der Waals surface area (Å²) in [5.41, 5.74) is 1.94. The molecule has 2 aliphatic rings. The number of aliphatic hydroxyl groups excluding tert-OH is 1. The number of likely N-dealkylation sites (tertiary alicyclic amines) is 1. The number of Topliss-reactive ketones (excluding diaryl/α,β-unsaturated/α-hetero) is 1. The highest BCUT2D eigenvalue weighted by molar-refractivity contribution is 6.46. The summed E-state index contributed by atoms with van der Waals surface area (Å²) in [4.78, 5) is 45.7. The fraction of sp³-hybridized carbons (Fsp3) is 0.444. The van der Waals surface area contributed by atoms with Crippen molar-refractivity contribution in [2.24, 2.45) is 0 Å². The van der Waals surface area contributed by atoms with Gasteiger partial charge < -0.3 is 29.2 Å². The van der Waals surface area contributed by atoms with E-state index >= 15 is 0 Å². The lowest BCUT2D eigenvalue weighted by Gasteiger charge is -2.29. The molecule has 0 aliphatic carbocycles. The Morgan fingerprint density at radius 2 is 1.84 bits per heavy atom. The smallest absolute Gasteiger partial charge is 0.354 e. The summed E-state index contributed by atoms with van der Waals surface area (Å²) in [6, 6.07) is 6.29. The third kappa shape index (κ3) is 4.99. The second kappa shape index (κ2) is 11.2. The fourth-order valence-electron chi connectivity index (χ4n) is 5.16. The molecule has 37 heavy (non-hydrogen) atoms. The van der Waals surface area contributed by atoms with Gasteiger partial charge in [-0.05, 0) is 31.9 Å². The lowest BCUT2D eigenvalue weighted by molar-refractivity contribution is -0.140. The van der Waals surface area contributed by atoms with Crippen molar-refractivity contribution in [3.8, 4) is 5.75 Å². The van der Waals surface area contributed by atoms with E-state index in [0.717, 1.165) is 19.6 Å². The number of benzene rings is 1. The number of nitrogens with one attached hydrogen (secondary N) is 1. The second-order valence-electron chi connectivity index (χ2n) is 9.16. The number of aryl methyl sites for hydroxylation is 1. The molecular weight excluding hydrogens is 478 g/mol. The van der Waals surface area contributed by atoms with Gasteiger partial charge in [-0.3, -0.25) is 14.5 Å². The molecule has 0 radical (unpaired) electrons. The van der Waals surface area contributed by atoms with Crippen molar-refractivity contribution >= 4 is 23.4 Å². The van der Waals surface area contributed by atoms with E-state index in [4.69, 9.17) is 14.2 Å². The van der Waals surface area contributed by atoms with Gasteiger partial charge in [0, 0.05) is 43.0 Å². The third-order valence-electron chi connectivity index (χ3n) is 7.01. The van der Waals surface area contributed by atoms with Crippen LogP contribution in [0.3, 0.4) is 0 Å². The summed E-state index contributed by atoms with van der Waals surface area (Å²) < 4.78 is 15.8. The second-order valence-corrected chi connectivity index (χ2v) is 9.16. The predicted molar refractivity (Wildman–Crippen MR) is 135 cm³/mol. The maximum absolute atomic E-state index is 13.4. The number of amides is 1. The molecule has 198 valence electrons. The first-order valence-corrected chi connectivity index (χ1v) is 12.3. The van der Waals surface area contributed by atoms with E-state index in [1.807, 2.05) is 0 Å². The van der Waals surface area contributed by atoms with Crippen LogP contribution in [0.2, 0.25) is 0 Å². The molecule has 1 aromatic carbocycles. The minimum atomic E-state index is -0.851. The quantitative estimate of drug-likeness (QED) is 0.240. The van der Waals surface area contributed by atoms with E-state index in [9.17, 15) is 19.5 Å². The first kappa shape index (κ1) is 26.4. The molecular formula is C27H33N3O7. The molecule has 2 N–H and O–H groups in total. The van der Waals surface area contributed by atoms with Gasteiger partial charge >= 0.3 is 5.97 Å². The molecule has 3 heterocycles. The van der Waals surface area contributed by atoms with Gasteiger partial charge in [-0.25, -0.2) is 4.79 Å². The largest absolute Gasteiger partial charge is 0.507 e. The van der Waals surface area contributed by atoms with Gasteiger partial charge in [0.05, 0.1) is 39.0 Å². The van der Waals surface area contributed by atoms with E-state index in [-0.39, 0.29) is 17.0 Å². The van der Waals surface area contributed by atoms with E-state index < -0.39 is 23.7 Å².